The molecule has 2 N–H and O–H groups in total. The van der Waals surface area contributed by atoms with Crippen LogP contribution < -0.4 is 10.6 Å². The fourth-order valence-corrected chi connectivity index (χ4v) is 2.78. The predicted molar refractivity (Wildman–Crippen MR) is 101 cm³/mol. The van der Waals surface area contributed by atoms with Crippen LogP contribution in [-0.4, -0.2) is 36.5 Å². The molecule has 0 aromatic heterocycles. The molecule has 2 aromatic carbocycles. The molecule has 0 unspecified atom stereocenters. The van der Waals surface area contributed by atoms with Gasteiger partial charge in [0.1, 0.15) is 6.54 Å². The van der Waals surface area contributed by atoms with Crippen LogP contribution in [0.25, 0.3) is 5.70 Å². The van der Waals surface area contributed by atoms with E-state index in [1.165, 1.54) is 12.0 Å². The maximum atomic E-state index is 12.4. The summed E-state index contributed by atoms with van der Waals surface area (Å²) < 4.78 is 4.52. The van der Waals surface area contributed by atoms with E-state index in [4.69, 9.17) is 0 Å². The molecule has 7 nitrogen and oxygen atoms in total. The van der Waals surface area contributed by atoms with E-state index in [0.29, 0.717) is 23.5 Å². The summed E-state index contributed by atoms with van der Waals surface area (Å²) in [7, 11) is 1.29. The molecule has 0 saturated carbocycles. The van der Waals surface area contributed by atoms with Crippen molar-refractivity contribution < 1.29 is 19.1 Å². The second-order valence-electron chi connectivity index (χ2n) is 5.97. The summed E-state index contributed by atoms with van der Waals surface area (Å²) >= 11 is 0. The number of rotatable bonds is 5. The molecular weight excluding hydrogens is 346 g/mol. The fourth-order valence-electron chi connectivity index (χ4n) is 2.78. The highest BCUT2D eigenvalue weighted by atomic mass is 16.5. The van der Waals surface area contributed by atoms with Gasteiger partial charge in [-0.05, 0) is 23.8 Å². The van der Waals surface area contributed by atoms with Crippen molar-refractivity contribution in [3.63, 3.8) is 0 Å². The van der Waals surface area contributed by atoms with Gasteiger partial charge in [0.05, 0.1) is 7.11 Å². The van der Waals surface area contributed by atoms with E-state index in [-0.39, 0.29) is 18.4 Å². The monoisotopic (exact) mass is 365 g/mol. The Morgan fingerprint density at radius 2 is 1.74 bits per heavy atom. The van der Waals surface area contributed by atoms with Crippen LogP contribution in [0.3, 0.4) is 0 Å². The minimum Gasteiger partial charge on any atom is -0.453 e. The molecular formula is C20H19N3O4. The van der Waals surface area contributed by atoms with Crippen LogP contribution in [0.1, 0.15) is 21.5 Å². The average molecular weight is 365 g/mol. The van der Waals surface area contributed by atoms with Crippen molar-refractivity contribution >= 4 is 29.3 Å². The lowest BCUT2D eigenvalue weighted by atomic mass is 10.1. The second kappa shape index (κ2) is 7.74. The van der Waals surface area contributed by atoms with Gasteiger partial charge in [-0.1, -0.05) is 36.9 Å². The summed E-state index contributed by atoms with van der Waals surface area (Å²) in [6.07, 6.45) is -0.549. The first kappa shape index (κ1) is 18.2. The molecule has 0 radical (unpaired) electrons. The molecule has 1 heterocycles. The Balaban J connectivity index is 1.54. The SMILES string of the molecule is C=C1c2ccccc2C(=O)N1CC(=O)NCc1ccc(NC(=O)OC)cc1. The van der Waals surface area contributed by atoms with Gasteiger partial charge in [-0.2, -0.15) is 0 Å². The van der Waals surface area contributed by atoms with E-state index in [9.17, 15) is 14.4 Å². The second-order valence-corrected chi connectivity index (χ2v) is 5.97. The summed E-state index contributed by atoms with van der Waals surface area (Å²) in [5, 5.41) is 5.33. The molecule has 1 aliphatic heterocycles. The van der Waals surface area contributed by atoms with Crippen LogP contribution in [0.4, 0.5) is 10.5 Å². The number of hydrogen-bond acceptors (Lipinski definition) is 4. The van der Waals surface area contributed by atoms with Gasteiger partial charge in [0.15, 0.2) is 0 Å². The first-order chi connectivity index (χ1) is 13.0. The highest BCUT2D eigenvalue weighted by Crippen LogP contribution is 2.30. The van der Waals surface area contributed by atoms with Crippen LogP contribution in [-0.2, 0) is 16.1 Å². The first-order valence-electron chi connectivity index (χ1n) is 8.30. The summed E-state index contributed by atoms with van der Waals surface area (Å²) in [4.78, 5) is 37.2. The molecule has 0 fully saturated rings. The van der Waals surface area contributed by atoms with Gasteiger partial charge in [-0.3, -0.25) is 19.8 Å². The number of methoxy groups -OCH3 is 1. The third-order valence-electron chi connectivity index (χ3n) is 4.22. The van der Waals surface area contributed by atoms with Gasteiger partial charge in [0.2, 0.25) is 5.91 Å². The summed E-state index contributed by atoms with van der Waals surface area (Å²) in [6.45, 7) is 4.13. The molecule has 3 amide bonds. The van der Waals surface area contributed by atoms with Crippen molar-refractivity contribution in [3.05, 3.63) is 71.8 Å². The minimum atomic E-state index is -0.549. The molecule has 0 spiro atoms. The summed E-state index contributed by atoms with van der Waals surface area (Å²) in [5.74, 6) is -0.502. The first-order valence-corrected chi connectivity index (χ1v) is 8.30. The Morgan fingerprint density at radius 1 is 1.07 bits per heavy atom. The van der Waals surface area contributed by atoms with Crippen molar-refractivity contribution in [2.24, 2.45) is 0 Å². The topological polar surface area (TPSA) is 87.7 Å². The largest absolute Gasteiger partial charge is 0.453 e. The van der Waals surface area contributed by atoms with Gasteiger partial charge in [-0.15, -0.1) is 0 Å². The lowest BCUT2D eigenvalue weighted by Gasteiger charge is -2.17. The number of benzene rings is 2. The van der Waals surface area contributed by atoms with Gasteiger partial charge in [0.25, 0.3) is 5.91 Å². The third-order valence-corrected chi connectivity index (χ3v) is 4.22. The molecule has 1 aliphatic rings. The number of nitrogens with one attached hydrogen (secondary N) is 2. The van der Waals surface area contributed by atoms with E-state index in [0.717, 1.165) is 11.1 Å². The highest BCUT2D eigenvalue weighted by molar-refractivity contribution is 6.10. The van der Waals surface area contributed by atoms with E-state index in [1.54, 1.807) is 36.4 Å². The lowest BCUT2D eigenvalue weighted by Crippen LogP contribution is -2.36. The predicted octanol–water partition coefficient (Wildman–Crippen LogP) is 2.61. The fraction of sp³-hybridized carbons (Fsp3) is 0.150. The van der Waals surface area contributed by atoms with Gasteiger partial charge in [0, 0.05) is 29.1 Å². The van der Waals surface area contributed by atoms with E-state index >= 15 is 0 Å². The Kier molecular flexibility index (Phi) is 5.21. The van der Waals surface area contributed by atoms with Crippen molar-refractivity contribution in [2.45, 2.75) is 6.54 Å². The molecule has 7 heteroatoms. The Labute approximate surface area is 156 Å². The van der Waals surface area contributed by atoms with Gasteiger partial charge in [-0.25, -0.2) is 4.79 Å². The number of anilines is 1. The average Bonchev–Trinajstić information content (AvgIpc) is 2.92. The van der Waals surface area contributed by atoms with Crippen molar-refractivity contribution in [3.8, 4) is 0 Å². The molecule has 3 rings (SSSR count). The highest BCUT2D eigenvalue weighted by Gasteiger charge is 2.31. The Bertz CT molecular complexity index is 871. The maximum absolute atomic E-state index is 12.4. The summed E-state index contributed by atoms with van der Waals surface area (Å²) in [6, 6.07) is 14.1. The zero-order valence-electron chi connectivity index (χ0n) is 14.8. The number of nitrogens with zero attached hydrogens (tertiary/aromatic N) is 1. The minimum absolute atomic E-state index is 0.0890. The Morgan fingerprint density at radius 3 is 2.37 bits per heavy atom. The molecule has 0 aliphatic carbocycles. The molecule has 0 saturated heterocycles. The number of hydrogen-bond donors (Lipinski definition) is 2. The van der Waals surface area contributed by atoms with Crippen LogP contribution in [0.5, 0.6) is 0 Å². The molecule has 27 heavy (non-hydrogen) atoms. The number of amides is 3. The van der Waals surface area contributed by atoms with Crippen molar-refractivity contribution in [1.29, 1.82) is 0 Å². The third kappa shape index (κ3) is 3.98. The molecule has 2 aromatic rings. The van der Waals surface area contributed by atoms with Crippen LogP contribution in [0.15, 0.2) is 55.1 Å². The number of carbonyl (C=O) groups is 3. The number of carbonyl (C=O) groups excluding carboxylic acids is 3. The maximum Gasteiger partial charge on any atom is 0.411 e. The Hall–Kier alpha value is -3.61. The van der Waals surface area contributed by atoms with Crippen molar-refractivity contribution in [2.75, 3.05) is 19.0 Å². The zero-order chi connectivity index (χ0) is 19.4. The molecule has 138 valence electrons. The number of ether oxygens (including phenoxy) is 1. The van der Waals surface area contributed by atoms with Crippen LogP contribution >= 0.6 is 0 Å². The smallest absolute Gasteiger partial charge is 0.411 e. The van der Waals surface area contributed by atoms with Crippen LogP contribution in [0.2, 0.25) is 0 Å². The van der Waals surface area contributed by atoms with E-state index < -0.39 is 6.09 Å². The van der Waals surface area contributed by atoms with E-state index in [2.05, 4.69) is 21.9 Å². The number of fused-ring (bicyclic) bond motifs is 1. The quantitative estimate of drug-likeness (QED) is 0.853. The zero-order valence-corrected chi connectivity index (χ0v) is 14.8. The van der Waals surface area contributed by atoms with Crippen molar-refractivity contribution in [1.82, 2.24) is 10.2 Å². The standard InChI is InChI=1S/C20H19N3O4/c1-13-16-5-3-4-6-17(16)19(25)23(13)12-18(24)21-11-14-7-9-15(10-8-14)22-20(26)27-2/h3-10H,1,11-12H2,2H3,(H,21,24)(H,22,26). The normalized spacial score (nSPS) is 12.6. The molecule has 0 bridgehead atoms. The molecule has 0 atom stereocenters. The van der Waals surface area contributed by atoms with Gasteiger partial charge < -0.3 is 10.1 Å². The van der Waals surface area contributed by atoms with E-state index in [1.807, 2.05) is 12.1 Å². The lowest BCUT2D eigenvalue weighted by molar-refractivity contribution is -0.121. The van der Waals surface area contributed by atoms with Crippen LogP contribution in [0, 0.1) is 0 Å². The summed E-state index contributed by atoms with van der Waals surface area (Å²) in [5.41, 5.74) is 3.29. The van der Waals surface area contributed by atoms with Gasteiger partial charge >= 0.3 is 6.09 Å².